The van der Waals surface area contributed by atoms with Gasteiger partial charge < -0.3 is 10.7 Å². The van der Waals surface area contributed by atoms with Crippen molar-refractivity contribution < 1.29 is 18.4 Å². The number of tetrazole rings is 1. The van der Waals surface area contributed by atoms with Crippen LogP contribution in [0.5, 0.6) is 0 Å². The normalized spacial score (nSPS) is 11.3. The Kier molecular flexibility index (Phi) is 4.74. The minimum Gasteiger partial charge on any atom is -0.366 e. The van der Waals surface area contributed by atoms with Crippen molar-refractivity contribution in [2.45, 2.75) is 13.8 Å². The number of nitrogens with one attached hydrogen (secondary N) is 2. The Morgan fingerprint density at radius 1 is 1.15 bits per heavy atom. The van der Waals surface area contributed by atoms with E-state index in [0.717, 1.165) is 17.7 Å². The lowest BCUT2D eigenvalue weighted by Gasteiger charge is -2.07. The van der Waals surface area contributed by atoms with E-state index in [2.05, 4.69) is 35.7 Å². The van der Waals surface area contributed by atoms with Gasteiger partial charge in [-0.15, -0.1) is 0 Å². The first-order valence-electron chi connectivity index (χ1n) is 9.88. The minimum absolute atomic E-state index is 0.0223. The van der Waals surface area contributed by atoms with Crippen LogP contribution in [-0.4, -0.2) is 52.1 Å². The summed E-state index contributed by atoms with van der Waals surface area (Å²) in [6.45, 7) is 3.60. The SMILES string of the molecule is Cc1nn(-c2nnn[nH]2)c(C)c1-c1cnc2[nH]cc(C(=O)c3c(F)ccc(C(N)=O)c3F)c2c1. The van der Waals surface area contributed by atoms with Crippen molar-refractivity contribution in [1.29, 1.82) is 0 Å². The third-order valence-electron chi connectivity index (χ3n) is 5.47. The fourth-order valence-electron chi connectivity index (χ4n) is 3.92. The molecule has 4 N–H and O–H groups in total. The number of pyridine rings is 1. The molecule has 0 aliphatic heterocycles. The fraction of sp³-hybridized carbons (Fsp3) is 0.0952. The zero-order valence-electron chi connectivity index (χ0n) is 17.7. The fourth-order valence-corrected chi connectivity index (χ4v) is 3.92. The summed E-state index contributed by atoms with van der Waals surface area (Å²) in [7, 11) is 0. The molecule has 13 heteroatoms. The second-order valence-corrected chi connectivity index (χ2v) is 7.48. The zero-order chi connectivity index (χ0) is 24.1. The Morgan fingerprint density at radius 3 is 2.65 bits per heavy atom. The van der Waals surface area contributed by atoms with Crippen molar-refractivity contribution in [3.05, 3.63) is 70.3 Å². The highest BCUT2D eigenvalue weighted by molar-refractivity contribution is 6.17. The van der Waals surface area contributed by atoms with Crippen LogP contribution in [0.4, 0.5) is 8.78 Å². The number of hydrogen-bond donors (Lipinski definition) is 3. The first-order chi connectivity index (χ1) is 16.3. The summed E-state index contributed by atoms with van der Waals surface area (Å²) in [5.41, 5.74) is 6.68. The second kappa shape index (κ2) is 7.65. The van der Waals surface area contributed by atoms with Crippen LogP contribution >= 0.6 is 0 Å². The second-order valence-electron chi connectivity index (χ2n) is 7.48. The largest absolute Gasteiger partial charge is 0.366 e. The number of ketones is 1. The van der Waals surface area contributed by atoms with Crippen LogP contribution in [-0.2, 0) is 0 Å². The molecule has 170 valence electrons. The van der Waals surface area contributed by atoms with E-state index >= 15 is 0 Å². The standard InChI is InChI=1S/C21H15F2N9O2/c1-8-15(9(2)32(29-8)21-27-30-31-28-21)10-5-12-13(7-26-20(12)25-6-10)18(33)16-14(22)4-3-11(17(16)23)19(24)34/h3-7H,1-2H3,(H2,24,34)(H,25,26)(H,27,28,30,31). The summed E-state index contributed by atoms with van der Waals surface area (Å²) in [6.07, 6.45) is 2.89. The van der Waals surface area contributed by atoms with Gasteiger partial charge in [0.15, 0.2) is 0 Å². The van der Waals surface area contributed by atoms with Crippen molar-refractivity contribution in [1.82, 2.24) is 40.4 Å². The summed E-state index contributed by atoms with van der Waals surface area (Å²) in [6, 6.07) is 3.39. The molecule has 0 aliphatic rings. The molecule has 4 heterocycles. The van der Waals surface area contributed by atoms with E-state index < -0.39 is 34.5 Å². The Labute approximate surface area is 189 Å². The van der Waals surface area contributed by atoms with Crippen molar-refractivity contribution in [3.8, 4) is 17.1 Å². The summed E-state index contributed by atoms with van der Waals surface area (Å²) >= 11 is 0. The molecule has 11 nitrogen and oxygen atoms in total. The van der Waals surface area contributed by atoms with Gasteiger partial charge in [0.1, 0.15) is 17.3 Å². The van der Waals surface area contributed by atoms with E-state index in [1.807, 2.05) is 6.92 Å². The molecule has 0 spiro atoms. The van der Waals surface area contributed by atoms with E-state index in [9.17, 15) is 18.4 Å². The number of aryl methyl sites for hydroxylation is 1. The highest BCUT2D eigenvalue weighted by atomic mass is 19.1. The third kappa shape index (κ3) is 3.13. The van der Waals surface area contributed by atoms with Gasteiger partial charge in [-0.3, -0.25) is 9.59 Å². The lowest BCUT2D eigenvalue weighted by Crippen LogP contribution is -2.17. The number of benzene rings is 1. The van der Waals surface area contributed by atoms with Gasteiger partial charge in [0.2, 0.25) is 5.78 Å². The van der Waals surface area contributed by atoms with E-state index in [4.69, 9.17) is 5.73 Å². The lowest BCUT2D eigenvalue weighted by atomic mass is 9.98. The molecule has 0 atom stereocenters. The number of nitrogens with zero attached hydrogens (tertiary/aromatic N) is 6. The molecule has 5 aromatic rings. The molecular formula is C21H15F2N9O2. The first kappa shape index (κ1) is 21.1. The number of rotatable bonds is 5. The molecular weight excluding hydrogens is 448 g/mol. The van der Waals surface area contributed by atoms with Crippen LogP contribution in [0.15, 0.2) is 30.6 Å². The van der Waals surface area contributed by atoms with Crippen LogP contribution in [0, 0.1) is 25.5 Å². The predicted octanol–water partition coefficient (Wildman–Crippen LogP) is 2.15. The van der Waals surface area contributed by atoms with Gasteiger partial charge in [0.05, 0.1) is 22.5 Å². The maximum Gasteiger partial charge on any atom is 0.267 e. The quantitative estimate of drug-likeness (QED) is 0.337. The van der Waals surface area contributed by atoms with Crippen molar-refractivity contribution in [2.24, 2.45) is 5.73 Å². The summed E-state index contributed by atoms with van der Waals surface area (Å²) in [5, 5.41) is 18.4. The summed E-state index contributed by atoms with van der Waals surface area (Å²) in [4.78, 5) is 31.8. The van der Waals surface area contributed by atoms with Gasteiger partial charge >= 0.3 is 0 Å². The number of H-pyrrole nitrogens is 2. The highest BCUT2D eigenvalue weighted by Gasteiger charge is 2.26. The summed E-state index contributed by atoms with van der Waals surface area (Å²) < 4.78 is 30.8. The van der Waals surface area contributed by atoms with E-state index in [1.165, 1.54) is 10.9 Å². The topological polar surface area (TPSA) is 161 Å². The number of fused-ring (bicyclic) bond motifs is 1. The van der Waals surface area contributed by atoms with E-state index in [0.29, 0.717) is 33.9 Å². The lowest BCUT2D eigenvalue weighted by molar-refractivity contribution is 0.0996. The van der Waals surface area contributed by atoms with Crippen LogP contribution in [0.3, 0.4) is 0 Å². The van der Waals surface area contributed by atoms with Crippen LogP contribution < -0.4 is 5.73 Å². The number of aromatic nitrogens is 8. The van der Waals surface area contributed by atoms with E-state index in [1.54, 1.807) is 19.2 Å². The Balaban J connectivity index is 1.65. The molecule has 5 rings (SSSR count). The van der Waals surface area contributed by atoms with Gasteiger partial charge in [0.25, 0.3) is 11.9 Å². The Morgan fingerprint density at radius 2 is 1.94 bits per heavy atom. The van der Waals surface area contributed by atoms with Crippen molar-refractivity contribution in [2.75, 3.05) is 0 Å². The number of hydrogen-bond acceptors (Lipinski definition) is 7. The number of nitrogens with two attached hydrogens (primary N) is 1. The number of carbonyl (C=O) groups excluding carboxylic acids is 2. The number of aromatic amines is 2. The zero-order valence-corrected chi connectivity index (χ0v) is 17.7. The van der Waals surface area contributed by atoms with Gasteiger partial charge in [-0.25, -0.2) is 23.5 Å². The van der Waals surface area contributed by atoms with Crippen molar-refractivity contribution in [3.63, 3.8) is 0 Å². The third-order valence-corrected chi connectivity index (χ3v) is 5.47. The maximum absolute atomic E-state index is 14.8. The van der Waals surface area contributed by atoms with Crippen molar-refractivity contribution >= 4 is 22.7 Å². The molecule has 0 bridgehead atoms. The Bertz CT molecular complexity index is 1600. The molecule has 0 unspecified atom stereocenters. The number of halogens is 2. The maximum atomic E-state index is 14.8. The first-order valence-corrected chi connectivity index (χ1v) is 9.88. The average molecular weight is 463 g/mol. The minimum atomic E-state index is -1.32. The van der Waals surface area contributed by atoms with E-state index in [-0.39, 0.29) is 5.56 Å². The monoisotopic (exact) mass is 463 g/mol. The van der Waals surface area contributed by atoms with Crippen LogP contribution in [0.25, 0.3) is 28.1 Å². The summed E-state index contributed by atoms with van der Waals surface area (Å²) in [5.74, 6) is -4.18. The molecule has 1 amide bonds. The van der Waals surface area contributed by atoms with Crippen LogP contribution in [0.2, 0.25) is 0 Å². The number of amides is 1. The average Bonchev–Trinajstić information content (AvgIpc) is 3.52. The smallest absolute Gasteiger partial charge is 0.267 e. The highest BCUT2D eigenvalue weighted by Crippen LogP contribution is 2.31. The van der Waals surface area contributed by atoms with Gasteiger partial charge in [-0.2, -0.15) is 5.10 Å². The molecule has 0 saturated heterocycles. The molecule has 0 radical (unpaired) electrons. The van der Waals surface area contributed by atoms with Crippen LogP contribution in [0.1, 0.15) is 37.7 Å². The van der Waals surface area contributed by atoms with Gasteiger partial charge in [-0.05, 0) is 42.5 Å². The molecule has 34 heavy (non-hydrogen) atoms. The molecule has 0 aliphatic carbocycles. The van der Waals surface area contributed by atoms with Gasteiger partial charge in [-0.1, -0.05) is 5.10 Å². The molecule has 0 saturated carbocycles. The molecule has 4 aromatic heterocycles. The molecule has 0 fully saturated rings. The molecule has 1 aromatic carbocycles. The number of primary amides is 1. The Hall–Kier alpha value is -4.81. The number of carbonyl (C=O) groups is 2. The predicted molar refractivity (Wildman–Crippen MR) is 114 cm³/mol. The van der Waals surface area contributed by atoms with Gasteiger partial charge in [0, 0.05) is 34.5 Å².